The van der Waals surface area contributed by atoms with Crippen LogP contribution in [0.4, 0.5) is 11.4 Å². The number of nitriles is 1. The number of carbonyl (C=O) groups excluding carboxylic acids is 1. The van der Waals surface area contributed by atoms with Crippen LogP contribution in [0.1, 0.15) is 47.4 Å². The zero-order valence-electron chi connectivity index (χ0n) is 22.4. The van der Waals surface area contributed by atoms with Gasteiger partial charge in [-0.3, -0.25) is 19.8 Å². The molecule has 10 heteroatoms. The first-order valence-corrected chi connectivity index (χ1v) is 14.7. The summed E-state index contributed by atoms with van der Waals surface area (Å²) in [4.78, 5) is 27.4. The summed E-state index contributed by atoms with van der Waals surface area (Å²) in [5.41, 5.74) is 12.2. The van der Waals surface area contributed by atoms with Crippen molar-refractivity contribution in [2.45, 2.75) is 49.7 Å². The summed E-state index contributed by atoms with van der Waals surface area (Å²) in [6.45, 7) is 4.01. The molecule has 0 spiro atoms. The minimum absolute atomic E-state index is 0.00926. The first-order valence-electron chi connectivity index (χ1n) is 13.0. The van der Waals surface area contributed by atoms with Gasteiger partial charge in [-0.05, 0) is 79.8 Å². The molecule has 0 saturated heterocycles. The van der Waals surface area contributed by atoms with E-state index in [1.807, 2.05) is 44.2 Å². The molecule has 3 aromatic carbocycles. The van der Waals surface area contributed by atoms with Crippen molar-refractivity contribution in [3.8, 4) is 6.07 Å². The molecule has 0 amide bonds. The van der Waals surface area contributed by atoms with Crippen molar-refractivity contribution < 1.29 is 9.72 Å². The summed E-state index contributed by atoms with van der Waals surface area (Å²) in [6, 6.07) is 18.5. The fraction of sp³-hybridized carbons (Fsp3) is 0.226. The number of nitrogens with two attached hydrogens (primary N) is 1. The van der Waals surface area contributed by atoms with Crippen molar-refractivity contribution >= 4 is 52.1 Å². The number of aryl methyl sites for hydroxylation is 1. The lowest BCUT2D eigenvalue weighted by Gasteiger charge is -2.40. The lowest BCUT2D eigenvalue weighted by Crippen LogP contribution is -2.39. The Morgan fingerprint density at radius 3 is 2.54 bits per heavy atom. The molecule has 0 aromatic heterocycles. The molecule has 1 aliphatic heterocycles. The van der Waals surface area contributed by atoms with Crippen molar-refractivity contribution in [1.82, 2.24) is 0 Å². The molecule has 1 heterocycles. The lowest BCUT2D eigenvalue weighted by atomic mass is 9.73. The molecule has 7 nitrogen and oxygen atoms in total. The number of anilines is 1. The Kier molecular flexibility index (Phi) is 8.14. The maximum absolute atomic E-state index is 13.6. The molecule has 2 aliphatic rings. The standard InChI is InChI=1S/C31H26Cl2N4O3S/c1-17-12-19(16-41-22-9-6-20(32)7-10-22)18(2)23(13-17)29-24(15-34)31(35)36(26-4-3-5-28(38)30(26)29)21-8-11-25(33)27(14-21)37(39)40/h6-14,29H,3-5,16,35H2,1-2H3. The normalized spacial score (nSPS) is 17.0. The van der Waals surface area contributed by atoms with Crippen molar-refractivity contribution in [3.63, 3.8) is 0 Å². The Morgan fingerprint density at radius 1 is 1.12 bits per heavy atom. The number of allylic oxidation sites excluding steroid dienone is 3. The number of benzene rings is 3. The van der Waals surface area contributed by atoms with Gasteiger partial charge in [0, 0.05) is 39.4 Å². The van der Waals surface area contributed by atoms with Crippen molar-refractivity contribution in [2.24, 2.45) is 5.73 Å². The highest BCUT2D eigenvalue weighted by Gasteiger charge is 2.41. The van der Waals surface area contributed by atoms with E-state index in [-0.39, 0.29) is 27.9 Å². The second-order valence-electron chi connectivity index (χ2n) is 10.1. The van der Waals surface area contributed by atoms with Gasteiger partial charge in [0.2, 0.25) is 0 Å². The number of nitro benzene ring substituents is 1. The van der Waals surface area contributed by atoms with E-state index in [4.69, 9.17) is 28.9 Å². The van der Waals surface area contributed by atoms with Crippen molar-refractivity contribution in [3.05, 3.63) is 120 Å². The molecule has 208 valence electrons. The number of ketones is 1. The summed E-state index contributed by atoms with van der Waals surface area (Å²) in [5, 5.41) is 22.7. The van der Waals surface area contributed by atoms with E-state index >= 15 is 0 Å². The second kappa shape index (κ2) is 11.6. The molecule has 0 fully saturated rings. The number of thioether (sulfide) groups is 1. The second-order valence-corrected chi connectivity index (χ2v) is 12.0. The number of nitro groups is 1. The van der Waals surface area contributed by atoms with Crippen LogP contribution in [0.15, 0.2) is 82.2 Å². The van der Waals surface area contributed by atoms with Gasteiger partial charge in [0.1, 0.15) is 10.8 Å². The zero-order chi connectivity index (χ0) is 29.4. The van der Waals surface area contributed by atoms with Gasteiger partial charge in [-0.25, -0.2) is 0 Å². The van der Waals surface area contributed by atoms with Crippen LogP contribution in [-0.2, 0) is 10.5 Å². The maximum Gasteiger partial charge on any atom is 0.289 e. The van der Waals surface area contributed by atoms with Crippen LogP contribution in [0.3, 0.4) is 0 Å². The highest BCUT2D eigenvalue weighted by Crippen LogP contribution is 2.48. The molecule has 1 unspecified atom stereocenters. The number of hydrogen-bond acceptors (Lipinski definition) is 7. The minimum atomic E-state index is -0.638. The first kappa shape index (κ1) is 28.7. The molecule has 41 heavy (non-hydrogen) atoms. The van der Waals surface area contributed by atoms with Crippen LogP contribution in [0.5, 0.6) is 0 Å². The monoisotopic (exact) mass is 604 g/mol. The predicted octanol–water partition coefficient (Wildman–Crippen LogP) is 8.12. The first-order chi connectivity index (χ1) is 19.6. The van der Waals surface area contributed by atoms with Crippen LogP contribution in [0, 0.1) is 35.3 Å². The Hall–Kier alpha value is -3.77. The molecule has 1 aliphatic carbocycles. The van der Waals surface area contributed by atoms with E-state index in [0.29, 0.717) is 47.0 Å². The molecule has 0 bridgehead atoms. The maximum atomic E-state index is 13.6. The van der Waals surface area contributed by atoms with Gasteiger partial charge < -0.3 is 5.73 Å². The van der Waals surface area contributed by atoms with Gasteiger partial charge in [0.15, 0.2) is 5.78 Å². The molecule has 3 aromatic rings. The average molecular weight is 606 g/mol. The Bertz CT molecular complexity index is 1690. The predicted molar refractivity (Wildman–Crippen MR) is 163 cm³/mol. The summed E-state index contributed by atoms with van der Waals surface area (Å²) < 4.78 is 0. The van der Waals surface area contributed by atoms with Gasteiger partial charge in [0.05, 0.1) is 28.2 Å². The van der Waals surface area contributed by atoms with E-state index < -0.39 is 10.8 Å². The zero-order valence-corrected chi connectivity index (χ0v) is 24.7. The molecule has 0 saturated carbocycles. The number of carbonyl (C=O) groups is 1. The minimum Gasteiger partial charge on any atom is -0.384 e. The van der Waals surface area contributed by atoms with Gasteiger partial charge in [0.25, 0.3) is 5.69 Å². The molecule has 0 radical (unpaired) electrons. The molecule has 2 N–H and O–H groups in total. The number of Topliss-reactive ketones (excluding diaryl/α,β-unsaturated/α-hetero) is 1. The van der Waals surface area contributed by atoms with Crippen LogP contribution < -0.4 is 10.6 Å². The third-order valence-corrected chi connectivity index (χ3v) is 9.15. The van der Waals surface area contributed by atoms with Crippen LogP contribution in [-0.4, -0.2) is 10.7 Å². The highest BCUT2D eigenvalue weighted by molar-refractivity contribution is 7.98. The van der Waals surface area contributed by atoms with E-state index in [1.165, 1.54) is 12.1 Å². The topological polar surface area (TPSA) is 113 Å². The third kappa shape index (κ3) is 5.45. The SMILES string of the molecule is Cc1cc(CSc2ccc(Cl)cc2)c(C)c(C2C(C#N)=C(N)N(c3ccc(Cl)c([N+](=O)[O-])c3)C3=C2C(=O)CCC3)c1. The van der Waals surface area contributed by atoms with Crippen LogP contribution in [0.2, 0.25) is 10.0 Å². The number of hydrogen-bond donors (Lipinski definition) is 1. The van der Waals surface area contributed by atoms with Gasteiger partial charge in [-0.15, -0.1) is 11.8 Å². The van der Waals surface area contributed by atoms with Crippen LogP contribution in [0.25, 0.3) is 0 Å². The third-order valence-electron chi connectivity index (χ3n) is 7.52. The van der Waals surface area contributed by atoms with Crippen LogP contribution >= 0.6 is 35.0 Å². The Labute approximate surface area is 252 Å². The van der Waals surface area contributed by atoms with Gasteiger partial charge in [-0.2, -0.15) is 5.26 Å². The summed E-state index contributed by atoms with van der Waals surface area (Å²) in [5.74, 6) is 0.153. The quantitative estimate of drug-likeness (QED) is 0.172. The highest BCUT2D eigenvalue weighted by atomic mass is 35.5. The molecular formula is C31H26Cl2N4O3S. The van der Waals surface area contributed by atoms with Crippen molar-refractivity contribution in [2.75, 3.05) is 4.90 Å². The fourth-order valence-corrected chi connectivity index (χ4v) is 6.84. The summed E-state index contributed by atoms with van der Waals surface area (Å²) in [7, 11) is 0. The smallest absolute Gasteiger partial charge is 0.289 e. The Balaban J connectivity index is 1.64. The van der Waals surface area contributed by atoms with E-state index in [1.54, 1.807) is 22.7 Å². The average Bonchev–Trinajstić information content (AvgIpc) is 2.94. The number of rotatable bonds is 6. The summed E-state index contributed by atoms with van der Waals surface area (Å²) >= 11 is 13.8. The van der Waals surface area contributed by atoms with E-state index in [9.17, 15) is 20.2 Å². The number of halogens is 2. The van der Waals surface area contributed by atoms with Crippen molar-refractivity contribution in [1.29, 1.82) is 5.26 Å². The molecular weight excluding hydrogens is 579 g/mol. The van der Waals surface area contributed by atoms with E-state index in [2.05, 4.69) is 12.1 Å². The summed E-state index contributed by atoms with van der Waals surface area (Å²) in [6.07, 6.45) is 1.51. The lowest BCUT2D eigenvalue weighted by molar-refractivity contribution is -0.384. The Morgan fingerprint density at radius 2 is 1.85 bits per heavy atom. The number of nitrogens with zero attached hydrogens (tertiary/aromatic N) is 3. The van der Waals surface area contributed by atoms with E-state index in [0.717, 1.165) is 27.1 Å². The largest absolute Gasteiger partial charge is 0.384 e. The van der Waals surface area contributed by atoms with Gasteiger partial charge in [-0.1, -0.05) is 40.9 Å². The molecule has 5 rings (SSSR count). The fourth-order valence-electron chi connectivity index (χ4n) is 5.58. The molecule has 1 atom stereocenters. The van der Waals surface area contributed by atoms with Gasteiger partial charge >= 0.3 is 0 Å².